The van der Waals surface area contributed by atoms with E-state index in [1.54, 1.807) is 6.07 Å². The second-order valence-corrected chi connectivity index (χ2v) is 8.12. The lowest BCUT2D eigenvalue weighted by Gasteiger charge is -2.34. The number of nitrogens with zero attached hydrogens (tertiary/aromatic N) is 4. The van der Waals surface area contributed by atoms with E-state index in [-0.39, 0.29) is 0 Å². The monoisotopic (exact) mass is 379 g/mol. The predicted molar refractivity (Wildman–Crippen MR) is 115 cm³/mol. The van der Waals surface area contributed by atoms with Crippen LogP contribution in [-0.4, -0.2) is 72.2 Å². The van der Waals surface area contributed by atoms with Crippen LogP contribution in [-0.2, 0) is 6.54 Å². The van der Waals surface area contributed by atoms with Gasteiger partial charge in [0.2, 0.25) is 0 Å². The molecule has 1 saturated heterocycles. The molecule has 6 nitrogen and oxygen atoms in total. The summed E-state index contributed by atoms with van der Waals surface area (Å²) >= 11 is 0. The summed E-state index contributed by atoms with van der Waals surface area (Å²) in [7, 11) is 6.17. The summed E-state index contributed by atoms with van der Waals surface area (Å²) in [5, 5.41) is 10.1. The molecule has 28 heavy (non-hydrogen) atoms. The van der Waals surface area contributed by atoms with Crippen LogP contribution in [0.4, 0.5) is 5.69 Å². The van der Waals surface area contributed by atoms with Crippen molar-refractivity contribution in [1.29, 1.82) is 0 Å². The second kappa shape index (κ2) is 7.45. The Kier molecular flexibility index (Phi) is 5.00. The molecule has 0 unspecified atom stereocenters. The Balaban J connectivity index is 1.69. The van der Waals surface area contributed by atoms with Crippen molar-refractivity contribution in [2.75, 3.05) is 52.2 Å². The van der Waals surface area contributed by atoms with Crippen LogP contribution >= 0.6 is 0 Å². The topological polar surface area (TPSA) is 58.6 Å². The summed E-state index contributed by atoms with van der Waals surface area (Å²) < 4.78 is 0. The quantitative estimate of drug-likeness (QED) is 0.730. The standard InChI is InChI=1S/C22H29N5O/c1-15-11-18(27-9-7-26(4)8-10-27)13-19-21(15)24-22(23-19)16-5-6-20(28)17(12-16)14-25(2)3/h5-6,11-13,28H,7-10,14H2,1-4H3,(H,23,24). The number of likely N-dealkylation sites (N-methyl/N-ethyl adjacent to an activating group) is 1. The third-order valence-corrected chi connectivity index (χ3v) is 5.47. The van der Waals surface area contributed by atoms with E-state index in [1.165, 1.54) is 11.3 Å². The van der Waals surface area contributed by atoms with Gasteiger partial charge in [-0.1, -0.05) is 0 Å². The van der Waals surface area contributed by atoms with E-state index in [0.29, 0.717) is 12.3 Å². The largest absolute Gasteiger partial charge is 0.508 e. The Morgan fingerprint density at radius 3 is 2.57 bits per heavy atom. The minimum atomic E-state index is 0.321. The van der Waals surface area contributed by atoms with Crippen LogP contribution in [0.5, 0.6) is 5.75 Å². The Morgan fingerprint density at radius 1 is 1.11 bits per heavy atom. The number of imidazole rings is 1. The third-order valence-electron chi connectivity index (χ3n) is 5.47. The van der Waals surface area contributed by atoms with Gasteiger partial charge in [0.05, 0.1) is 11.0 Å². The number of benzene rings is 2. The van der Waals surface area contributed by atoms with Crippen LogP contribution in [0.1, 0.15) is 11.1 Å². The molecule has 0 aliphatic carbocycles. The van der Waals surface area contributed by atoms with Gasteiger partial charge >= 0.3 is 0 Å². The Morgan fingerprint density at radius 2 is 1.86 bits per heavy atom. The summed E-state index contributed by atoms with van der Waals surface area (Å²) in [4.78, 5) is 15.2. The summed E-state index contributed by atoms with van der Waals surface area (Å²) in [5.74, 6) is 1.16. The zero-order valence-corrected chi connectivity index (χ0v) is 17.2. The number of nitrogens with one attached hydrogen (secondary N) is 1. The molecule has 4 rings (SSSR count). The fourth-order valence-corrected chi connectivity index (χ4v) is 3.86. The molecular formula is C22H29N5O. The highest BCUT2D eigenvalue weighted by Gasteiger charge is 2.17. The maximum Gasteiger partial charge on any atom is 0.138 e. The number of fused-ring (bicyclic) bond motifs is 1. The van der Waals surface area contributed by atoms with E-state index in [9.17, 15) is 5.11 Å². The summed E-state index contributed by atoms with van der Waals surface area (Å²) in [6.45, 7) is 7.09. The van der Waals surface area contributed by atoms with Gasteiger partial charge in [0.15, 0.2) is 0 Å². The van der Waals surface area contributed by atoms with Crippen molar-refractivity contribution in [2.24, 2.45) is 0 Å². The lowest BCUT2D eigenvalue weighted by atomic mass is 10.1. The van der Waals surface area contributed by atoms with Crippen molar-refractivity contribution in [3.05, 3.63) is 41.5 Å². The molecule has 0 spiro atoms. The van der Waals surface area contributed by atoms with Crippen molar-refractivity contribution in [3.8, 4) is 17.1 Å². The van der Waals surface area contributed by atoms with Gasteiger partial charge in [-0.2, -0.15) is 0 Å². The summed E-state index contributed by atoms with van der Waals surface area (Å²) in [6, 6.07) is 10.1. The van der Waals surface area contributed by atoms with Gasteiger partial charge < -0.3 is 24.8 Å². The highest BCUT2D eigenvalue weighted by Crippen LogP contribution is 2.30. The molecule has 1 aliphatic heterocycles. The van der Waals surface area contributed by atoms with Gasteiger partial charge in [0.25, 0.3) is 0 Å². The number of hydrogen-bond acceptors (Lipinski definition) is 5. The van der Waals surface area contributed by atoms with Crippen LogP contribution in [0.15, 0.2) is 30.3 Å². The molecule has 3 aromatic rings. The number of rotatable bonds is 4. The Hall–Kier alpha value is -2.57. The molecule has 1 aliphatic rings. The molecule has 0 bridgehead atoms. The highest BCUT2D eigenvalue weighted by molar-refractivity contribution is 5.86. The van der Waals surface area contributed by atoms with E-state index in [0.717, 1.165) is 54.2 Å². The van der Waals surface area contributed by atoms with E-state index < -0.39 is 0 Å². The van der Waals surface area contributed by atoms with Crippen LogP contribution < -0.4 is 4.90 Å². The maximum atomic E-state index is 10.1. The SMILES string of the molecule is Cc1cc(N2CCN(C)CC2)cc2[nH]c(-c3ccc(O)c(CN(C)C)c3)nc12. The van der Waals surface area contributed by atoms with E-state index in [2.05, 4.69) is 40.9 Å². The number of aromatic amines is 1. The second-order valence-electron chi connectivity index (χ2n) is 8.12. The number of aryl methyl sites for hydroxylation is 1. The van der Waals surface area contributed by atoms with Gasteiger partial charge in [0, 0.05) is 49.5 Å². The average molecular weight is 380 g/mol. The number of H-pyrrole nitrogens is 1. The number of piperazine rings is 1. The molecule has 0 saturated carbocycles. The number of aromatic hydroxyl groups is 1. The van der Waals surface area contributed by atoms with Crippen LogP contribution in [0, 0.1) is 6.92 Å². The Labute approximate surface area is 166 Å². The van der Waals surface area contributed by atoms with Crippen molar-refractivity contribution in [1.82, 2.24) is 19.8 Å². The van der Waals surface area contributed by atoms with Crippen molar-refractivity contribution < 1.29 is 5.11 Å². The number of aromatic nitrogens is 2. The molecule has 2 N–H and O–H groups in total. The zero-order valence-electron chi connectivity index (χ0n) is 17.2. The highest BCUT2D eigenvalue weighted by atomic mass is 16.3. The molecule has 0 atom stereocenters. The predicted octanol–water partition coefficient (Wildman–Crippen LogP) is 3.06. The third kappa shape index (κ3) is 3.70. The average Bonchev–Trinajstić information content (AvgIpc) is 3.08. The van der Waals surface area contributed by atoms with Gasteiger partial charge in [0.1, 0.15) is 11.6 Å². The van der Waals surface area contributed by atoms with Gasteiger partial charge in [-0.15, -0.1) is 0 Å². The first-order valence-corrected chi connectivity index (χ1v) is 9.81. The number of anilines is 1. The van der Waals surface area contributed by atoms with Gasteiger partial charge in [-0.3, -0.25) is 0 Å². The van der Waals surface area contributed by atoms with Crippen molar-refractivity contribution in [2.45, 2.75) is 13.5 Å². The molecule has 148 valence electrons. The number of phenols is 1. The maximum absolute atomic E-state index is 10.1. The molecule has 0 radical (unpaired) electrons. The zero-order chi connectivity index (χ0) is 19.8. The fraction of sp³-hybridized carbons (Fsp3) is 0.409. The smallest absolute Gasteiger partial charge is 0.138 e. The lowest BCUT2D eigenvalue weighted by molar-refractivity contribution is 0.313. The van der Waals surface area contributed by atoms with Crippen molar-refractivity contribution in [3.63, 3.8) is 0 Å². The minimum Gasteiger partial charge on any atom is -0.508 e. The summed E-state index contributed by atoms with van der Waals surface area (Å²) in [6.07, 6.45) is 0. The number of phenolic OH excluding ortho intramolecular Hbond substituents is 1. The number of hydrogen-bond donors (Lipinski definition) is 2. The lowest BCUT2D eigenvalue weighted by Crippen LogP contribution is -2.44. The minimum absolute atomic E-state index is 0.321. The molecule has 2 aromatic carbocycles. The van der Waals surface area contributed by atoms with Crippen LogP contribution in [0.3, 0.4) is 0 Å². The molecule has 6 heteroatoms. The fourth-order valence-electron chi connectivity index (χ4n) is 3.86. The van der Waals surface area contributed by atoms with Gasteiger partial charge in [-0.05, 0) is 64.0 Å². The van der Waals surface area contributed by atoms with E-state index in [1.807, 2.05) is 31.1 Å². The first-order chi connectivity index (χ1) is 13.4. The van der Waals surface area contributed by atoms with Crippen LogP contribution in [0.2, 0.25) is 0 Å². The first-order valence-electron chi connectivity index (χ1n) is 9.81. The first kappa shape index (κ1) is 18.8. The normalized spacial score (nSPS) is 15.7. The molecule has 1 aromatic heterocycles. The molecule has 1 fully saturated rings. The Bertz CT molecular complexity index is 986. The van der Waals surface area contributed by atoms with E-state index in [4.69, 9.17) is 4.98 Å². The molecular weight excluding hydrogens is 350 g/mol. The van der Waals surface area contributed by atoms with Crippen LogP contribution in [0.25, 0.3) is 22.4 Å². The summed E-state index contributed by atoms with van der Waals surface area (Å²) in [5.41, 5.74) is 6.40. The van der Waals surface area contributed by atoms with Crippen molar-refractivity contribution >= 4 is 16.7 Å². The van der Waals surface area contributed by atoms with Gasteiger partial charge in [-0.25, -0.2) is 4.98 Å². The van der Waals surface area contributed by atoms with E-state index >= 15 is 0 Å². The molecule has 0 amide bonds. The molecule has 2 heterocycles.